The van der Waals surface area contributed by atoms with Crippen LogP contribution in [0.2, 0.25) is 0 Å². The molecule has 26 heavy (non-hydrogen) atoms. The van der Waals surface area contributed by atoms with E-state index in [1.165, 1.54) is 0 Å². The number of aliphatic hydroxyl groups is 1. The maximum Gasteiger partial charge on any atom is 0.309 e. The fraction of sp³-hybridized carbons (Fsp3) is 0.556. The maximum atomic E-state index is 11.8. The molecule has 3 rings (SSSR count). The standard InChI is InChI=1S/C18H24N4O4/c1-4-25-18(24)12-5-6-13(7-12)26-17-11(2)21-15(9-19-17)14-8-20-22(3)16(14)10-23/h8-9,12-13,23H,4-7,10H2,1-3H3. The second-order valence-electron chi connectivity index (χ2n) is 6.43. The molecule has 2 aromatic rings. The van der Waals surface area contributed by atoms with Gasteiger partial charge in [-0.1, -0.05) is 0 Å². The summed E-state index contributed by atoms with van der Waals surface area (Å²) in [5.41, 5.74) is 2.73. The first kappa shape index (κ1) is 18.3. The van der Waals surface area contributed by atoms with Crippen molar-refractivity contribution in [3.05, 3.63) is 23.8 Å². The van der Waals surface area contributed by atoms with Gasteiger partial charge in [-0.25, -0.2) is 9.97 Å². The molecule has 0 aromatic carbocycles. The van der Waals surface area contributed by atoms with E-state index in [2.05, 4.69) is 15.1 Å². The summed E-state index contributed by atoms with van der Waals surface area (Å²) < 4.78 is 12.7. The molecule has 0 saturated heterocycles. The van der Waals surface area contributed by atoms with Gasteiger partial charge in [0.2, 0.25) is 5.88 Å². The highest BCUT2D eigenvalue weighted by Crippen LogP contribution is 2.31. The monoisotopic (exact) mass is 360 g/mol. The van der Waals surface area contributed by atoms with E-state index in [1.54, 1.807) is 24.1 Å². The van der Waals surface area contributed by atoms with Crippen molar-refractivity contribution < 1.29 is 19.4 Å². The molecule has 2 aromatic heterocycles. The van der Waals surface area contributed by atoms with Gasteiger partial charge in [0.05, 0.1) is 42.9 Å². The van der Waals surface area contributed by atoms with E-state index in [1.807, 2.05) is 13.8 Å². The molecule has 0 amide bonds. The first-order valence-electron chi connectivity index (χ1n) is 8.82. The highest BCUT2D eigenvalue weighted by atomic mass is 16.5. The number of carbonyl (C=O) groups excluding carboxylic acids is 1. The number of aliphatic hydroxyl groups excluding tert-OH is 1. The van der Waals surface area contributed by atoms with E-state index in [0.717, 1.165) is 18.4 Å². The molecule has 2 unspecified atom stereocenters. The van der Waals surface area contributed by atoms with E-state index in [9.17, 15) is 9.90 Å². The molecular weight excluding hydrogens is 336 g/mol. The summed E-state index contributed by atoms with van der Waals surface area (Å²) in [5.74, 6) is 0.220. The Balaban J connectivity index is 1.70. The van der Waals surface area contributed by atoms with Gasteiger partial charge in [-0.2, -0.15) is 5.10 Å². The lowest BCUT2D eigenvalue weighted by atomic mass is 10.1. The molecule has 2 heterocycles. The van der Waals surface area contributed by atoms with Gasteiger partial charge in [0, 0.05) is 12.6 Å². The third-order valence-corrected chi connectivity index (χ3v) is 4.67. The second kappa shape index (κ2) is 7.82. The highest BCUT2D eigenvalue weighted by Gasteiger charge is 2.32. The molecule has 8 heteroatoms. The fourth-order valence-corrected chi connectivity index (χ4v) is 3.26. The molecule has 0 aliphatic heterocycles. The summed E-state index contributed by atoms with van der Waals surface area (Å²) in [5, 5.41) is 13.7. The number of ether oxygens (including phenoxy) is 2. The smallest absolute Gasteiger partial charge is 0.309 e. The number of aryl methyl sites for hydroxylation is 2. The van der Waals surface area contributed by atoms with Crippen LogP contribution in [0.3, 0.4) is 0 Å². The Hall–Kier alpha value is -2.48. The lowest BCUT2D eigenvalue weighted by Gasteiger charge is -2.15. The van der Waals surface area contributed by atoms with Crippen molar-refractivity contribution in [2.75, 3.05) is 6.61 Å². The van der Waals surface area contributed by atoms with Gasteiger partial charge in [-0.05, 0) is 33.1 Å². The van der Waals surface area contributed by atoms with Crippen molar-refractivity contribution in [1.29, 1.82) is 0 Å². The van der Waals surface area contributed by atoms with Crippen LogP contribution < -0.4 is 4.74 Å². The Morgan fingerprint density at radius 2 is 2.19 bits per heavy atom. The molecule has 1 fully saturated rings. The van der Waals surface area contributed by atoms with Gasteiger partial charge < -0.3 is 14.6 Å². The molecule has 0 radical (unpaired) electrons. The second-order valence-corrected chi connectivity index (χ2v) is 6.43. The molecule has 1 aliphatic rings. The minimum absolute atomic E-state index is 0.0605. The molecular formula is C18H24N4O4. The molecule has 1 saturated carbocycles. The zero-order chi connectivity index (χ0) is 18.7. The van der Waals surface area contributed by atoms with E-state index < -0.39 is 0 Å². The summed E-state index contributed by atoms with van der Waals surface area (Å²) in [6, 6.07) is 0. The zero-order valence-corrected chi connectivity index (χ0v) is 15.3. The van der Waals surface area contributed by atoms with Crippen molar-refractivity contribution in [3.8, 4) is 17.1 Å². The Morgan fingerprint density at radius 1 is 1.38 bits per heavy atom. The van der Waals surface area contributed by atoms with Gasteiger partial charge >= 0.3 is 5.97 Å². The van der Waals surface area contributed by atoms with Gasteiger partial charge in [-0.3, -0.25) is 9.48 Å². The Kier molecular flexibility index (Phi) is 5.51. The topological polar surface area (TPSA) is 99.4 Å². The Morgan fingerprint density at radius 3 is 2.88 bits per heavy atom. The van der Waals surface area contributed by atoms with Crippen LogP contribution in [0, 0.1) is 12.8 Å². The van der Waals surface area contributed by atoms with E-state index in [0.29, 0.717) is 36.0 Å². The van der Waals surface area contributed by atoms with Crippen molar-refractivity contribution in [1.82, 2.24) is 19.7 Å². The summed E-state index contributed by atoms with van der Waals surface area (Å²) in [6.07, 6.45) is 5.42. The first-order chi connectivity index (χ1) is 12.5. The zero-order valence-electron chi connectivity index (χ0n) is 15.3. The summed E-state index contributed by atoms with van der Waals surface area (Å²) in [4.78, 5) is 20.8. The SMILES string of the molecule is CCOC(=O)C1CCC(Oc2ncc(-c3cnn(C)c3CO)nc2C)C1. The molecule has 8 nitrogen and oxygen atoms in total. The maximum absolute atomic E-state index is 11.8. The van der Waals surface area contributed by atoms with Gasteiger partial charge in [-0.15, -0.1) is 0 Å². The van der Waals surface area contributed by atoms with Gasteiger partial charge in [0.25, 0.3) is 0 Å². The van der Waals surface area contributed by atoms with Crippen molar-refractivity contribution in [3.63, 3.8) is 0 Å². The van der Waals surface area contributed by atoms with Gasteiger partial charge in [0.1, 0.15) is 11.8 Å². The number of nitrogens with zero attached hydrogens (tertiary/aromatic N) is 4. The van der Waals surface area contributed by atoms with Crippen LogP contribution in [0.5, 0.6) is 5.88 Å². The van der Waals surface area contributed by atoms with Crippen LogP contribution in [0.1, 0.15) is 37.6 Å². The third kappa shape index (κ3) is 3.70. The number of hydrogen-bond acceptors (Lipinski definition) is 7. The average Bonchev–Trinajstić information content (AvgIpc) is 3.23. The normalized spacial score (nSPS) is 19.5. The van der Waals surface area contributed by atoms with Crippen LogP contribution in [-0.4, -0.2) is 43.5 Å². The lowest BCUT2D eigenvalue weighted by molar-refractivity contribution is -0.147. The van der Waals surface area contributed by atoms with Crippen molar-refractivity contribution in [2.24, 2.45) is 13.0 Å². The summed E-state index contributed by atoms with van der Waals surface area (Å²) >= 11 is 0. The minimum Gasteiger partial charge on any atom is -0.473 e. The largest absolute Gasteiger partial charge is 0.473 e. The Labute approximate surface area is 152 Å². The molecule has 0 spiro atoms. The predicted octanol–water partition coefficient (Wildman–Crippen LogP) is 1.79. The molecule has 2 atom stereocenters. The van der Waals surface area contributed by atoms with E-state index >= 15 is 0 Å². The highest BCUT2D eigenvalue weighted by molar-refractivity contribution is 5.72. The molecule has 1 N–H and O–H groups in total. The number of hydrogen-bond donors (Lipinski definition) is 1. The summed E-state index contributed by atoms with van der Waals surface area (Å²) in [6.45, 7) is 3.92. The number of carbonyl (C=O) groups is 1. The van der Waals surface area contributed by atoms with Crippen LogP contribution in [0.15, 0.2) is 12.4 Å². The molecule has 1 aliphatic carbocycles. The van der Waals surface area contributed by atoms with Gasteiger partial charge in [0.15, 0.2) is 0 Å². The van der Waals surface area contributed by atoms with Crippen molar-refractivity contribution >= 4 is 5.97 Å². The summed E-state index contributed by atoms with van der Waals surface area (Å²) in [7, 11) is 1.77. The Bertz CT molecular complexity index is 789. The van der Waals surface area contributed by atoms with Crippen LogP contribution in [0.25, 0.3) is 11.3 Å². The first-order valence-corrected chi connectivity index (χ1v) is 8.82. The minimum atomic E-state index is -0.148. The quantitative estimate of drug-likeness (QED) is 0.784. The van der Waals surface area contributed by atoms with Crippen LogP contribution >= 0.6 is 0 Å². The van der Waals surface area contributed by atoms with Crippen LogP contribution in [0.4, 0.5) is 0 Å². The van der Waals surface area contributed by atoms with E-state index in [4.69, 9.17) is 9.47 Å². The lowest BCUT2D eigenvalue weighted by Crippen LogP contribution is -2.19. The predicted molar refractivity (Wildman–Crippen MR) is 93.3 cm³/mol. The number of rotatable bonds is 6. The number of esters is 1. The van der Waals surface area contributed by atoms with E-state index in [-0.39, 0.29) is 24.6 Å². The third-order valence-electron chi connectivity index (χ3n) is 4.67. The number of aromatic nitrogens is 4. The fourth-order valence-electron chi connectivity index (χ4n) is 3.26. The molecule has 140 valence electrons. The van der Waals surface area contributed by atoms with Crippen molar-refractivity contribution in [2.45, 2.75) is 45.8 Å². The average molecular weight is 360 g/mol. The van der Waals surface area contributed by atoms with Crippen LogP contribution in [-0.2, 0) is 23.2 Å². The molecule has 0 bridgehead atoms.